The maximum absolute atomic E-state index is 12.9. The lowest BCUT2D eigenvalue weighted by Crippen LogP contribution is -2.08. The van der Waals surface area contributed by atoms with E-state index in [1.54, 1.807) is 0 Å². The molecule has 0 nitrogen and oxygen atoms in total. The van der Waals surface area contributed by atoms with Crippen molar-refractivity contribution >= 4 is 0 Å². The summed E-state index contributed by atoms with van der Waals surface area (Å²) in [4.78, 5) is 0. The Kier molecular flexibility index (Phi) is 15.6. The molecule has 0 aromatic carbocycles. The molecule has 0 aromatic rings. The Labute approximate surface area is 164 Å². The second-order valence-corrected chi connectivity index (χ2v) is 7.85. The molecule has 0 aliphatic carbocycles. The minimum atomic E-state index is -0.352. The highest BCUT2D eigenvalue weighted by Gasteiger charge is 2.13. The largest absolute Gasteiger partial charge is 0.251 e. The fourth-order valence-electron chi connectivity index (χ4n) is 2.75. The van der Waals surface area contributed by atoms with Gasteiger partial charge in [0.2, 0.25) is 0 Å². The quantitative estimate of drug-likeness (QED) is 0.321. The molecule has 2 unspecified atom stereocenters. The minimum absolute atomic E-state index is 0.352. The second-order valence-electron chi connectivity index (χ2n) is 7.85. The van der Waals surface area contributed by atoms with E-state index in [0.29, 0.717) is 12.3 Å². The monoisotopic (exact) mass is 364 g/mol. The molecule has 0 aliphatic heterocycles. The van der Waals surface area contributed by atoms with E-state index in [9.17, 15) is 4.39 Å². The molecule has 0 aromatic heterocycles. The fourth-order valence-corrected chi connectivity index (χ4v) is 2.75. The van der Waals surface area contributed by atoms with Crippen molar-refractivity contribution in [1.29, 1.82) is 0 Å². The van der Waals surface area contributed by atoms with E-state index in [1.165, 1.54) is 18.4 Å². The topological polar surface area (TPSA) is 0 Å². The SMILES string of the molecule is C=C(C)/C(C)=C(/CCF)C(=C)/C(C)=C/CC(C)C(C)CCC(C)C.CC. The third-order valence-electron chi connectivity index (χ3n) is 5.24. The molecule has 0 aliphatic rings. The highest BCUT2D eigenvalue weighted by atomic mass is 19.1. The van der Waals surface area contributed by atoms with Gasteiger partial charge in [0, 0.05) is 6.42 Å². The molecule has 0 fully saturated rings. The second kappa shape index (κ2) is 15.0. The van der Waals surface area contributed by atoms with Crippen LogP contribution in [0.3, 0.4) is 0 Å². The molecule has 0 spiro atoms. The van der Waals surface area contributed by atoms with Gasteiger partial charge in [0.25, 0.3) is 0 Å². The zero-order valence-corrected chi connectivity index (χ0v) is 19.1. The van der Waals surface area contributed by atoms with Crippen LogP contribution in [-0.4, -0.2) is 6.67 Å². The van der Waals surface area contributed by atoms with Crippen molar-refractivity contribution in [1.82, 2.24) is 0 Å². The summed E-state index contributed by atoms with van der Waals surface area (Å²) in [6.07, 6.45) is 6.33. The van der Waals surface area contributed by atoms with Gasteiger partial charge in [0.15, 0.2) is 0 Å². The van der Waals surface area contributed by atoms with Crippen molar-refractivity contribution in [3.8, 4) is 0 Å². The fraction of sp³-hybridized carbons (Fsp3) is 0.680. The Morgan fingerprint density at radius 2 is 1.46 bits per heavy atom. The van der Waals surface area contributed by atoms with E-state index in [2.05, 4.69) is 53.9 Å². The van der Waals surface area contributed by atoms with Gasteiger partial charge >= 0.3 is 0 Å². The molecule has 0 rings (SSSR count). The molecular formula is C25H45F. The smallest absolute Gasteiger partial charge is 0.0935 e. The third kappa shape index (κ3) is 10.8. The maximum atomic E-state index is 12.9. The summed E-state index contributed by atoms with van der Waals surface area (Å²) in [7, 11) is 0. The van der Waals surface area contributed by atoms with Crippen molar-refractivity contribution < 1.29 is 4.39 Å². The van der Waals surface area contributed by atoms with E-state index in [4.69, 9.17) is 0 Å². The van der Waals surface area contributed by atoms with Crippen LogP contribution in [0.5, 0.6) is 0 Å². The van der Waals surface area contributed by atoms with Crippen LogP contribution in [0.1, 0.15) is 88.0 Å². The van der Waals surface area contributed by atoms with Gasteiger partial charge in [-0.05, 0) is 67.2 Å². The Morgan fingerprint density at radius 1 is 0.923 bits per heavy atom. The van der Waals surface area contributed by atoms with Crippen LogP contribution < -0.4 is 0 Å². The van der Waals surface area contributed by atoms with Crippen molar-refractivity contribution in [3.05, 3.63) is 47.1 Å². The van der Waals surface area contributed by atoms with Crippen LogP contribution in [0, 0.1) is 17.8 Å². The van der Waals surface area contributed by atoms with E-state index in [0.717, 1.165) is 40.5 Å². The number of alkyl halides is 1. The number of hydrogen-bond donors (Lipinski definition) is 0. The Hall–Kier alpha value is -1.11. The van der Waals surface area contributed by atoms with Gasteiger partial charge < -0.3 is 0 Å². The first-order valence-electron chi connectivity index (χ1n) is 10.4. The summed E-state index contributed by atoms with van der Waals surface area (Å²) in [6.45, 7) is 27.2. The van der Waals surface area contributed by atoms with E-state index in [1.807, 2.05) is 27.7 Å². The van der Waals surface area contributed by atoms with Crippen LogP contribution in [0.15, 0.2) is 47.1 Å². The lowest BCUT2D eigenvalue weighted by atomic mass is 9.85. The lowest BCUT2D eigenvalue weighted by Gasteiger charge is -2.20. The van der Waals surface area contributed by atoms with Crippen LogP contribution in [0.4, 0.5) is 4.39 Å². The van der Waals surface area contributed by atoms with Gasteiger partial charge in [0.1, 0.15) is 0 Å². The van der Waals surface area contributed by atoms with E-state index in [-0.39, 0.29) is 6.67 Å². The molecule has 152 valence electrons. The molecule has 2 atom stereocenters. The summed E-state index contributed by atoms with van der Waals surface area (Å²) in [6, 6.07) is 0. The van der Waals surface area contributed by atoms with Gasteiger partial charge in [-0.1, -0.05) is 79.2 Å². The Bertz CT molecular complexity index is 476. The molecule has 0 N–H and O–H groups in total. The molecule has 0 bridgehead atoms. The highest BCUT2D eigenvalue weighted by Crippen LogP contribution is 2.29. The average molecular weight is 365 g/mol. The zero-order chi connectivity index (χ0) is 20.9. The molecule has 0 heterocycles. The van der Waals surface area contributed by atoms with E-state index >= 15 is 0 Å². The third-order valence-corrected chi connectivity index (χ3v) is 5.24. The van der Waals surface area contributed by atoms with Crippen LogP contribution in [0.25, 0.3) is 0 Å². The minimum Gasteiger partial charge on any atom is -0.251 e. The number of allylic oxidation sites excluding steroid dienone is 6. The standard InChI is InChI=1S/C23H39F.C2H6/c1-16(2)10-11-18(5)19(6)12-13-20(7)22(9)23(14-15-24)21(8)17(3)4;1-2/h13,16,18-19H,3,9-12,14-15H2,1-2,4-8H3;1-2H3/b20-13+,23-21-;. The van der Waals surface area contributed by atoms with Gasteiger partial charge in [-0.2, -0.15) is 0 Å². The average Bonchev–Trinajstić information content (AvgIpc) is 2.62. The van der Waals surface area contributed by atoms with Crippen LogP contribution >= 0.6 is 0 Å². The summed E-state index contributed by atoms with van der Waals surface area (Å²) < 4.78 is 12.9. The predicted octanol–water partition coefficient (Wildman–Crippen LogP) is 8.87. The van der Waals surface area contributed by atoms with Crippen molar-refractivity contribution in [3.63, 3.8) is 0 Å². The normalized spacial score (nSPS) is 15.0. The molecule has 0 saturated heterocycles. The van der Waals surface area contributed by atoms with Gasteiger partial charge in [0.05, 0.1) is 6.67 Å². The predicted molar refractivity (Wildman–Crippen MR) is 119 cm³/mol. The molecule has 1 heteroatoms. The summed E-state index contributed by atoms with van der Waals surface area (Å²) in [5.41, 5.74) is 5.21. The highest BCUT2D eigenvalue weighted by molar-refractivity contribution is 5.49. The lowest BCUT2D eigenvalue weighted by molar-refractivity contribution is 0.339. The summed E-state index contributed by atoms with van der Waals surface area (Å²) in [5, 5.41) is 0. The Morgan fingerprint density at radius 3 is 1.88 bits per heavy atom. The first kappa shape index (κ1) is 27.1. The number of hydrogen-bond acceptors (Lipinski definition) is 0. The van der Waals surface area contributed by atoms with E-state index < -0.39 is 0 Å². The maximum Gasteiger partial charge on any atom is 0.0935 e. The first-order chi connectivity index (χ1) is 12.1. The molecule has 26 heavy (non-hydrogen) atoms. The molecule has 0 radical (unpaired) electrons. The van der Waals surface area contributed by atoms with Gasteiger partial charge in [-0.3, -0.25) is 4.39 Å². The molecule has 0 amide bonds. The summed E-state index contributed by atoms with van der Waals surface area (Å²) >= 11 is 0. The zero-order valence-electron chi connectivity index (χ0n) is 19.1. The molecular weight excluding hydrogens is 319 g/mol. The van der Waals surface area contributed by atoms with Crippen LogP contribution in [-0.2, 0) is 0 Å². The molecule has 0 saturated carbocycles. The van der Waals surface area contributed by atoms with Crippen molar-refractivity contribution in [2.45, 2.75) is 88.0 Å². The first-order valence-corrected chi connectivity index (χ1v) is 10.4. The number of rotatable bonds is 11. The Balaban J connectivity index is 0. The summed E-state index contributed by atoms with van der Waals surface area (Å²) in [5.74, 6) is 2.15. The van der Waals surface area contributed by atoms with Crippen LogP contribution in [0.2, 0.25) is 0 Å². The van der Waals surface area contributed by atoms with Crippen molar-refractivity contribution in [2.75, 3.05) is 6.67 Å². The van der Waals surface area contributed by atoms with Crippen molar-refractivity contribution in [2.24, 2.45) is 17.8 Å². The van der Waals surface area contributed by atoms with Gasteiger partial charge in [-0.15, -0.1) is 0 Å². The number of halogens is 1. The van der Waals surface area contributed by atoms with Gasteiger partial charge in [-0.25, -0.2) is 0 Å².